The number of methoxy groups -OCH3 is 1. The van der Waals surface area contributed by atoms with Gasteiger partial charge in [0.05, 0.1) is 11.9 Å². The molecule has 0 bridgehead atoms. The van der Waals surface area contributed by atoms with Gasteiger partial charge in [-0.15, -0.1) is 0 Å². The van der Waals surface area contributed by atoms with Crippen LogP contribution in [-0.2, 0) is 30.5 Å². The van der Waals surface area contributed by atoms with E-state index in [4.69, 9.17) is 36.3 Å². The zero-order valence-corrected chi connectivity index (χ0v) is 22.4. The molecule has 5 rings (SSSR count). The van der Waals surface area contributed by atoms with E-state index in [1.54, 1.807) is 42.3 Å². The third-order valence-electron chi connectivity index (χ3n) is 6.04. The number of carbonyl (C=O) groups excluding carboxylic acids is 1. The summed E-state index contributed by atoms with van der Waals surface area (Å²) in [5.74, 6) is -0.227. The molecule has 0 saturated carbocycles. The molecule has 1 fully saturated rings. The molecule has 1 unspecified atom stereocenters. The van der Waals surface area contributed by atoms with E-state index in [0.29, 0.717) is 16.7 Å². The van der Waals surface area contributed by atoms with Gasteiger partial charge >= 0.3 is 5.97 Å². The number of esters is 1. The highest BCUT2D eigenvalue weighted by Crippen LogP contribution is 2.49. The molecule has 0 aliphatic carbocycles. The highest BCUT2D eigenvalue weighted by Gasteiger charge is 2.49. The summed E-state index contributed by atoms with van der Waals surface area (Å²) in [7, 11) is 1.56. The number of nitrogens with one attached hydrogen (secondary N) is 1. The zero-order valence-electron chi connectivity index (χ0n) is 20.7. The summed E-state index contributed by atoms with van der Waals surface area (Å²) in [5.41, 5.74) is 8.17. The number of rotatable bonds is 9. The van der Waals surface area contributed by atoms with Gasteiger partial charge in [0.25, 0.3) is 0 Å². The first-order chi connectivity index (χ1) is 18.4. The van der Waals surface area contributed by atoms with Crippen molar-refractivity contribution in [3.05, 3.63) is 78.9 Å². The Labute approximate surface area is 224 Å². The molecule has 1 saturated heterocycles. The Morgan fingerprint density at radius 3 is 2.53 bits per heavy atom. The second-order valence-corrected chi connectivity index (χ2v) is 12.9. The molecular weight excluding hydrogens is 527 g/mol. The minimum atomic E-state index is -2.60. The number of nitrogens with zero attached hydrogens (tertiary/aromatic N) is 4. The van der Waals surface area contributed by atoms with E-state index in [1.807, 2.05) is 43.1 Å². The predicted octanol–water partition coefficient (Wildman–Crippen LogP) is 3.61. The van der Waals surface area contributed by atoms with E-state index in [9.17, 15) is 4.79 Å². The molecule has 11 nitrogen and oxygen atoms in total. The van der Waals surface area contributed by atoms with Crippen molar-refractivity contribution in [1.29, 1.82) is 0 Å². The fourth-order valence-electron chi connectivity index (χ4n) is 4.32. The number of anilines is 2. The average Bonchev–Trinajstić information content (AvgIpc) is 3.49. The van der Waals surface area contributed by atoms with Crippen LogP contribution in [-0.4, -0.2) is 64.2 Å². The Kier molecular flexibility index (Phi) is 7.68. The lowest BCUT2D eigenvalue weighted by Crippen LogP contribution is -2.38. The van der Waals surface area contributed by atoms with Gasteiger partial charge in [-0.25, -0.2) is 19.7 Å². The predicted molar refractivity (Wildman–Crippen MR) is 146 cm³/mol. The number of hydrogen-bond donors (Lipinski definition) is 2. The van der Waals surface area contributed by atoms with Crippen LogP contribution in [0.2, 0.25) is 0 Å². The monoisotopic (exact) mass is 554 g/mol. The number of imidazole rings is 1. The van der Waals surface area contributed by atoms with Gasteiger partial charge < -0.3 is 29.6 Å². The zero-order chi connectivity index (χ0) is 26.7. The van der Waals surface area contributed by atoms with Gasteiger partial charge in [-0.1, -0.05) is 36.4 Å². The number of carbonyl (C=O) groups is 1. The molecule has 2 aromatic carbocycles. The van der Waals surface area contributed by atoms with Gasteiger partial charge in [0, 0.05) is 19.5 Å². The van der Waals surface area contributed by atoms with Crippen molar-refractivity contribution in [3.63, 3.8) is 0 Å². The molecule has 5 atom stereocenters. The normalized spacial score (nSPS) is 22.7. The van der Waals surface area contributed by atoms with Crippen LogP contribution in [0.15, 0.2) is 73.3 Å². The highest BCUT2D eigenvalue weighted by molar-refractivity contribution is 8.12. The Bertz CT molecular complexity index is 1460. The number of aromatic nitrogens is 4. The van der Waals surface area contributed by atoms with E-state index < -0.39 is 36.9 Å². The maximum absolute atomic E-state index is 12.7. The Balaban J connectivity index is 1.43. The van der Waals surface area contributed by atoms with Crippen LogP contribution in [0.4, 0.5) is 11.5 Å². The lowest BCUT2D eigenvalue weighted by atomic mass is 10.1. The van der Waals surface area contributed by atoms with Crippen molar-refractivity contribution in [1.82, 2.24) is 19.5 Å². The van der Waals surface area contributed by atoms with Gasteiger partial charge in [-0.2, -0.15) is 0 Å². The van der Waals surface area contributed by atoms with E-state index >= 15 is 0 Å². The molecule has 1 aliphatic heterocycles. The lowest BCUT2D eigenvalue weighted by Gasteiger charge is -2.29. The average molecular weight is 555 g/mol. The number of nitrogen functional groups attached to an aromatic ring is 1. The second-order valence-electron chi connectivity index (χ2n) is 8.71. The summed E-state index contributed by atoms with van der Waals surface area (Å²) in [5, 5.41) is 3.32. The van der Waals surface area contributed by atoms with Crippen LogP contribution in [0.25, 0.3) is 11.2 Å². The van der Waals surface area contributed by atoms with E-state index in [2.05, 4.69) is 20.0 Å². The smallest absolute Gasteiger partial charge is 0.338 e. The minimum absolute atomic E-state index is 0.0841. The topological polar surface area (TPSA) is 136 Å². The van der Waals surface area contributed by atoms with Gasteiger partial charge in [0.15, 0.2) is 24.1 Å². The van der Waals surface area contributed by atoms with Crippen molar-refractivity contribution in [2.24, 2.45) is 0 Å². The first-order valence-electron chi connectivity index (χ1n) is 11.8. The molecule has 3 heterocycles. The molecule has 13 heteroatoms. The fraction of sp³-hybridized carbons (Fsp3) is 0.280. The standard InChI is InChI=1S/C25H27N6O5PS/c1-33-21-20(36-37(2,38)30-17-11-7-4-8-12-17)18(13-34-25(32)16-9-5-3-6-10-16)35-24(21)31-15-29-19-22(26)27-14-28-23(19)31/h3-12,14-15,18,20-21,24H,13H2,1-2H3,(H,30,38)(H2,26,27,28)/t18-,20-,21-,24-,37?/m1/s1. The van der Waals surface area contributed by atoms with Crippen LogP contribution in [0, 0.1) is 0 Å². The lowest BCUT2D eigenvalue weighted by molar-refractivity contribution is -0.0616. The third-order valence-corrected chi connectivity index (χ3v) is 7.88. The van der Waals surface area contributed by atoms with Crippen molar-refractivity contribution >= 4 is 46.9 Å². The maximum Gasteiger partial charge on any atom is 0.338 e. The molecule has 3 N–H and O–H groups in total. The summed E-state index contributed by atoms with van der Waals surface area (Å²) >= 11 is 5.86. The molecule has 0 spiro atoms. The van der Waals surface area contributed by atoms with Crippen LogP contribution in [0.3, 0.4) is 0 Å². The SMILES string of the molecule is CO[C@@H]1[C@H](OP(C)(=S)Nc2ccccc2)[C@@H](COC(=O)c2ccccc2)O[C@H]1n1cnc2c(N)ncnc21. The second kappa shape index (κ2) is 11.1. The molecule has 2 aromatic heterocycles. The first-order valence-corrected chi connectivity index (χ1v) is 15.0. The van der Waals surface area contributed by atoms with Gasteiger partial charge in [-0.3, -0.25) is 4.57 Å². The van der Waals surface area contributed by atoms with Gasteiger partial charge in [-0.05, 0) is 36.1 Å². The minimum Gasteiger partial charge on any atom is -0.459 e. The molecule has 1 aliphatic rings. The third kappa shape index (κ3) is 5.54. The summed E-state index contributed by atoms with van der Waals surface area (Å²) in [6, 6.07) is 18.3. The molecule has 0 amide bonds. The molecule has 0 radical (unpaired) electrons. The number of fused-ring (bicyclic) bond motifs is 1. The molecule has 198 valence electrons. The van der Waals surface area contributed by atoms with Crippen LogP contribution >= 0.6 is 6.42 Å². The largest absolute Gasteiger partial charge is 0.459 e. The Hall–Kier alpha value is -3.41. The van der Waals surface area contributed by atoms with E-state index in [1.165, 1.54) is 6.33 Å². The number of nitrogens with two attached hydrogens (primary N) is 1. The van der Waals surface area contributed by atoms with Crippen molar-refractivity contribution < 1.29 is 23.5 Å². The van der Waals surface area contributed by atoms with Crippen LogP contribution in [0.1, 0.15) is 16.6 Å². The Morgan fingerprint density at radius 1 is 1.11 bits per heavy atom. The molecular formula is C25H27N6O5PS. The number of hydrogen-bond acceptors (Lipinski definition) is 10. The van der Waals surface area contributed by atoms with Gasteiger partial charge in [0.2, 0.25) is 0 Å². The van der Waals surface area contributed by atoms with Crippen molar-refractivity contribution in [2.75, 3.05) is 31.2 Å². The van der Waals surface area contributed by atoms with Crippen LogP contribution < -0.4 is 10.8 Å². The summed E-state index contributed by atoms with van der Waals surface area (Å²) in [6.07, 6.45) is -2.42. The number of para-hydroxylation sites is 1. The Morgan fingerprint density at radius 2 is 1.82 bits per heavy atom. The number of benzene rings is 2. The highest BCUT2D eigenvalue weighted by atomic mass is 32.4. The van der Waals surface area contributed by atoms with E-state index in [-0.39, 0.29) is 12.4 Å². The maximum atomic E-state index is 12.7. The van der Waals surface area contributed by atoms with Gasteiger partial charge in [0.1, 0.15) is 36.8 Å². The van der Waals surface area contributed by atoms with Crippen molar-refractivity contribution in [2.45, 2.75) is 24.5 Å². The summed E-state index contributed by atoms with van der Waals surface area (Å²) in [4.78, 5) is 25.4. The summed E-state index contributed by atoms with van der Waals surface area (Å²) in [6.45, 7) is 1.75. The fourth-order valence-corrected chi connectivity index (χ4v) is 6.33. The first kappa shape index (κ1) is 26.2. The molecule has 38 heavy (non-hydrogen) atoms. The van der Waals surface area contributed by atoms with Crippen molar-refractivity contribution in [3.8, 4) is 0 Å². The molecule has 4 aromatic rings. The van der Waals surface area contributed by atoms with E-state index in [0.717, 1.165) is 5.69 Å². The summed E-state index contributed by atoms with van der Waals surface area (Å²) < 4.78 is 26.1. The van der Waals surface area contributed by atoms with Crippen LogP contribution in [0.5, 0.6) is 0 Å². The quantitative estimate of drug-likeness (QED) is 0.232. The number of ether oxygens (including phenoxy) is 3.